The molecule has 128 valence electrons. The van der Waals surface area contributed by atoms with Crippen molar-refractivity contribution in [3.8, 4) is 11.5 Å². The van der Waals surface area contributed by atoms with Crippen LogP contribution in [0.25, 0.3) is 0 Å². The van der Waals surface area contributed by atoms with E-state index in [0.717, 1.165) is 0 Å². The lowest BCUT2D eigenvalue weighted by atomic mass is 10.2. The van der Waals surface area contributed by atoms with Gasteiger partial charge in [-0.3, -0.25) is 5.43 Å². The van der Waals surface area contributed by atoms with Gasteiger partial charge < -0.3 is 9.84 Å². The molecule has 0 atom stereocenters. The van der Waals surface area contributed by atoms with Crippen molar-refractivity contribution >= 4 is 78.6 Å². The highest BCUT2D eigenvalue weighted by atomic mass is 79.9. The predicted octanol–water partition coefficient (Wildman–Crippen LogP) is 6.72. The summed E-state index contributed by atoms with van der Waals surface area (Å²) >= 11 is 24.8. The second-order valence-corrected chi connectivity index (χ2v) is 7.38. The van der Waals surface area contributed by atoms with Crippen LogP contribution in [0.3, 0.4) is 0 Å². The van der Waals surface area contributed by atoms with Crippen LogP contribution in [0.1, 0.15) is 12.5 Å². The average Bonchev–Trinajstić information content (AvgIpc) is 2.50. The number of hydrogen-bond donors (Lipinski definition) is 2. The van der Waals surface area contributed by atoms with Crippen LogP contribution in [-0.4, -0.2) is 17.9 Å². The van der Waals surface area contributed by atoms with Gasteiger partial charge in [-0.15, -0.1) is 0 Å². The maximum Gasteiger partial charge on any atom is 0.167 e. The number of halogens is 5. The van der Waals surface area contributed by atoms with Gasteiger partial charge in [-0.1, -0.05) is 34.8 Å². The molecule has 0 aliphatic rings. The summed E-state index contributed by atoms with van der Waals surface area (Å²) in [5.41, 5.74) is 3.58. The third kappa shape index (κ3) is 4.49. The second kappa shape index (κ2) is 8.63. The Morgan fingerprint density at radius 1 is 1.21 bits per heavy atom. The van der Waals surface area contributed by atoms with E-state index in [2.05, 4.69) is 42.4 Å². The van der Waals surface area contributed by atoms with Gasteiger partial charge in [0, 0.05) is 14.0 Å². The second-order valence-electron chi connectivity index (χ2n) is 4.48. The summed E-state index contributed by atoms with van der Waals surface area (Å²) in [6.07, 6.45) is 1.42. The summed E-state index contributed by atoms with van der Waals surface area (Å²) in [5, 5.41) is 15.5. The fourth-order valence-corrected chi connectivity index (χ4v) is 3.53. The van der Waals surface area contributed by atoms with Crippen LogP contribution >= 0.6 is 66.7 Å². The summed E-state index contributed by atoms with van der Waals surface area (Å²) in [6, 6.07) is 4.76. The number of benzene rings is 2. The number of hydrogen-bond acceptors (Lipinski definition) is 4. The molecular weight excluding hydrogens is 506 g/mol. The zero-order chi connectivity index (χ0) is 17.9. The van der Waals surface area contributed by atoms with Crippen LogP contribution in [0.5, 0.6) is 11.5 Å². The minimum absolute atomic E-state index is 0.0363. The number of phenolic OH excluding ortho intramolecular Hbond substituents is 1. The highest BCUT2D eigenvalue weighted by Gasteiger charge is 2.15. The van der Waals surface area contributed by atoms with Gasteiger partial charge in [-0.2, -0.15) is 5.10 Å². The van der Waals surface area contributed by atoms with Crippen molar-refractivity contribution in [3.63, 3.8) is 0 Å². The van der Waals surface area contributed by atoms with Crippen molar-refractivity contribution in [3.05, 3.63) is 47.8 Å². The molecule has 0 unspecified atom stereocenters. The molecule has 0 bridgehead atoms. The standard InChI is InChI=1S/C15H11Br2Cl3N2O2/c1-2-24-12-5-9(16)13(17)8(15(12)23)6-21-22-14-10(19)3-7(18)4-11(14)20/h3-6,22-23H,2H2,1H3/b21-6-. The van der Waals surface area contributed by atoms with E-state index in [1.807, 2.05) is 6.92 Å². The molecule has 0 heterocycles. The number of nitrogens with one attached hydrogen (secondary N) is 1. The van der Waals surface area contributed by atoms with Crippen LogP contribution in [0.2, 0.25) is 15.1 Å². The fourth-order valence-electron chi connectivity index (χ4n) is 1.81. The number of rotatable bonds is 5. The molecule has 0 aliphatic heterocycles. The van der Waals surface area contributed by atoms with Gasteiger partial charge in [0.25, 0.3) is 0 Å². The minimum atomic E-state index is -0.0363. The summed E-state index contributed by atoms with van der Waals surface area (Å²) in [7, 11) is 0. The molecule has 4 nitrogen and oxygen atoms in total. The Morgan fingerprint density at radius 2 is 1.83 bits per heavy atom. The van der Waals surface area contributed by atoms with E-state index >= 15 is 0 Å². The van der Waals surface area contributed by atoms with Gasteiger partial charge in [0.05, 0.1) is 34.1 Å². The Balaban J connectivity index is 2.33. The summed E-state index contributed by atoms with van der Waals surface area (Å²) in [6.45, 7) is 2.25. The van der Waals surface area contributed by atoms with E-state index in [0.29, 0.717) is 47.6 Å². The summed E-state index contributed by atoms with van der Waals surface area (Å²) < 4.78 is 6.73. The monoisotopic (exact) mass is 514 g/mol. The molecule has 2 aromatic carbocycles. The van der Waals surface area contributed by atoms with E-state index in [-0.39, 0.29) is 5.75 Å². The van der Waals surface area contributed by atoms with Gasteiger partial charge >= 0.3 is 0 Å². The number of nitrogens with zero attached hydrogens (tertiary/aromatic N) is 1. The van der Waals surface area contributed by atoms with Crippen molar-refractivity contribution < 1.29 is 9.84 Å². The topological polar surface area (TPSA) is 53.8 Å². The lowest BCUT2D eigenvalue weighted by Crippen LogP contribution is -1.97. The van der Waals surface area contributed by atoms with Crippen molar-refractivity contribution in [2.45, 2.75) is 6.92 Å². The molecule has 2 rings (SSSR count). The molecule has 0 saturated carbocycles. The van der Waals surface area contributed by atoms with Crippen LogP contribution in [0.4, 0.5) is 5.69 Å². The normalized spacial score (nSPS) is 11.1. The van der Waals surface area contributed by atoms with Gasteiger partial charge in [0.1, 0.15) is 0 Å². The average molecular weight is 517 g/mol. The van der Waals surface area contributed by atoms with Crippen LogP contribution in [0.15, 0.2) is 32.2 Å². The molecule has 0 saturated heterocycles. The van der Waals surface area contributed by atoms with Crippen molar-refractivity contribution in [1.29, 1.82) is 0 Å². The maximum atomic E-state index is 10.3. The molecule has 0 fully saturated rings. The Kier molecular flexibility index (Phi) is 7.07. The Hall–Kier alpha value is -0.660. The molecule has 0 spiro atoms. The number of anilines is 1. The number of aromatic hydroxyl groups is 1. The zero-order valence-electron chi connectivity index (χ0n) is 12.2. The van der Waals surface area contributed by atoms with Crippen LogP contribution < -0.4 is 10.2 Å². The van der Waals surface area contributed by atoms with E-state index in [4.69, 9.17) is 39.5 Å². The summed E-state index contributed by atoms with van der Waals surface area (Å²) in [4.78, 5) is 0. The molecule has 9 heteroatoms. The highest BCUT2D eigenvalue weighted by Crippen LogP contribution is 2.40. The third-order valence-electron chi connectivity index (χ3n) is 2.87. The van der Waals surface area contributed by atoms with E-state index in [1.54, 1.807) is 18.2 Å². The molecule has 0 aromatic heterocycles. The molecule has 0 aliphatic carbocycles. The van der Waals surface area contributed by atoms with Gasteiger partial charge in [0.15, 0.2) is 11.5 Å². The quantitative estimate of drug-likeness (QED) is 0.342. The van der Waals surface area contributed by atoms with Gasteiger partial charge in [-0.25, -0.2) is 0 Å². The van der Waals surface area contributed by atoms with Crippen molar-refractivity contribution in [1.82, 2.24) is 0 Å². The lowest BCUT2D eigenvalue weighted by molar-refractivity contribution is 0.317. The van der Waals surface area contributed by atoms with Crippen molar-refractivity contribution in [2.75, 3.05) is 12.0 Å². The summed E-state index contributed by atoms with van der Waals surface area (Å²) in [5.74, 6) is 0.308. The smallest absolute Gasteiger partial charge is 0.167 e. The van der Waals surface area contributed by atoms with Crippen molar-refractivity contribution in [2.24, 2.45) is 5.10 Å². The zero-order valence-corrected chi connectivity index (χ0v) is 17.6. The molecule has 2 N–H and O–H groups in total. The number of hydrazone groups is 1. The first-order chi connectivity index (χ1) is 11.3. The van der Waals surface area contributed by atoms with E-state index < -0.39 is 0 Å². The highest BCUT2D eigenvalue weighted by molar-refractivity contribution is 9.13. The fraction of sp³-hybridized carbons (Fsp3) is 0.133. The van der Waals surface area contributed by atoms with E-state index in [9.17, 15) is 5.11 Å². The molecule has 0 radical (unpaired) electrons. The van der Waals surface area contributed by atoms with Crippen LogP contribution in [-0.2, 0) is 0 Å². The number of ether oxygens (including phenoxy) is 1. The maximum absolute atomic E-state index is 10.3. The predicted molar refractivity (Wildman–Crippen MR) is 107 cm³/mol. The first-order valence-corrected chi connectivity index (χ1v) is 9.34. The minimum Gasteiger partial charge on any atom is -0.504 e. The molecule has 2 aromatic rings. The lowest BCUT2D eigenvalue weighted by Gasteiger charge is -2.11. The molecular formula is C15H11Br2Cl3N2O2. The Bertz CT molecular complexity index is 778. The van der Waals surface area contributed by atoms with Gasteiger partial charge in [0.2, 0.25) is 0 Å². The SMILES string of the molecule is CCOc1cc(Br)c(Br)c(/C=N\Nc2c(Cl)cc(Cl)cc2Cl)c1O. The van der Waals surface area contributed by atoms with Gasteiger partial charge in [-0.05, 0) is 57.0 Å². The largest absolute Gasteiger partial charge is 0.504 e. The van der Waals surface area contributed by atoms with E-state index in [1.165, 1.54) is 6.21 Å². The third-order valence-corrected chi connectivity index (χ3v) is 5.70. The number of phenols is 1. The molecule has 24 heavy (non-hydrogen) atoms. The van der Waals surface area contributed by atoms with Crippen LogP contribution in [0, 0.1) is 0 Å². The molecule has 0 amide bonds. The Labute approximate surface area is 171 Å². The first-order valence-electron chi connectivity index (χ1n) is 6.62. The first kappa shape index (κ1) is 19.7. The Morgan fingerprint density at radius 3 is 2.42 bits per heavy atom.